The topological polar surface area (TPSA) is 118 Å². The number of sulfonamides is 1. The molecule has 12 heteroatoms. The Hall–Kier alpha value is -1.91. The molecule has 0 aliphatic heterocycles. The van der Waals surface area contributed by atoms with E-state index < -0.39 is 20.9 Å². The van der Waals surface area contributed by atoms with E-state index in [2.05, 4.69) is 10.0 Å². The van der Waals surface area contributed by atoms with Crippen LogP contribution >= 0.6 is 34.8 Å². The number of carbonyl (C=O) groups is 1. The van der Waals surface area contributed by atoms with Crippen LogP contribution < -0.4 is 10.0 Å². The summed E-state index contributed by atoms with van der Waals surface area (Å²) in [6.45, 7) is 0. The quantitative estimate of drug-likeness (QED) is 0.489. The molecule has 0 aromatic heterocycles. The summed E-state index contributed by atoms with van der Waals surface area (Å²) in [4.78, 5) is 22.6. The smallest absolute Gasteiger partial charge is 0.271 e. The van der Waals surface area contributed by atoms with Crippen LogP contribution in [0.3, 0.4) is 0 Å². The third kappa shape index (κ3) is 4.56. The van der Waals surface area contributed by atoms with E-state index in [-0.39, 0.29) is 42.9 Å². The molecule has 8 nitrogen and oxygen atoms in total. The highest BCUT2D eigenvalue weighted by molar-refractivity contribution is 7.89. The molecular weight excluding hydrogens is 453 g/mol. The van der Waals surface area contributed by atoms with Crippen molar-refractivity contribution in [2.75, 3.05) is 5.32 Å². The van der Waals surface area contributed by atoms with Gasteiger partial charge in [0.25, 0.3) is 11.6 Å². The summed E-state index contributed by atoms with van der Waals surface area (Å²) in [5.41, 5.74) is -0.476. The van der Waals surface area contributed by atoms with Gasteiger partial charge in [-0.3, -0.25) is 14.9 Å². The summed E-state index contributed by atoms with van der Waals surface area (Å²) in [7, 11) is -3.94. The first-order chi connectivity index (χ1) is 13.1. The van der Waals surface area contributed by atoms with Crippen molar-refractivity contribution in [1.29, 1.82) is 0 Å². The van der Waals surface area contributed by atoms with E-state index in [4.69, 9.17) is 34.8 Å². The summed E-state index contributed by atoms with van der Waals surface area (Å²) in [5, 5.41) is 13.1. The fourth-order valence-corrected chi connectivity index (χ4v) is 4.63. The van der Waals surface area contributed by atoms with Crippen LogP contribution in [0.1, 0.15) is 23.2 Å². The molecular formula is C16H12Cl3N3O5S. The predicted octanol–water partition coefficient (Wildman–Crippen LogP) is 4.25. The van der Waals surface area contributed by atoms with Gasteiger partial charge in [0.15, 0.2) is 0 Å². The van der Waals surface area contributed by atoms with Crippen molar-refractivity contribution in [3.63, 3.8) is 0 Å². The lowest BCUT2D eigenvalue weighted by Crippen LogP contribution is -2.26. The van der Waals surface area contributed by atoms with Gasteiger partial charge in [0.1, 0.15) is 4.90 Å². The van der Waals surface area contributed by atoms with Crippen LogP contribution in [-0.4, -0.2) is 25.3 Å². The number of nitrogens with zero attached hydrogens (tertiary/aromatic N) is 1. The average molecular weight is 465 g/mol. The van der Waals surface area contributed by atoms with Crippen molar-refractivity contribution in [3.8, 4) is 0 Å². The molecule has 0 heterocycles. The monoisotopic (exact) mass is 463 g/mol. The number of anilines is 1. The van der Waals surface area contributed by atoms with Gasteiger partial charge in [0.2, 0.25) is 10.0 Å². The summed E-state index contributed by atoms with van der Waals surface area (Å²) in [6.07, 6.45) is 1.45. The van der Waals surface area contributed by atoms with Crippen LogP contribution in [0.4, 0.5) is 11.4 Å². The van der Waals surface area contributed by atoms with Gasteiger partial charge >= 0.3 is 0 Å². The predicted molar refractivity (Wildman–Crippen MR) is 106 cm³/mol. The second-order valence-corrected chi connectivity index (χ2v) is 8.94. The highest BCUT2D eigenvalue weighted by Crippen LogP contribution is 2.32. The first-order valence-electron chi connectivity index (χ1n) is 7.85. The van der Waals surface area contributed by atoms with Gasteiger partial charge in [-0.25, -0.2) is 13.1 Å². The first-order valence-corrected chi connectivity index (χ1v) is 10.5. The van der Waals surface area contributed by atoms with E-state index in [1.807, 2.05) is 0 Å². The highest BCUT2D eigenvalue weighted by atomic mass is 35.5. The van der Waals surface area contributed by atoms with Crippen molar-refractivity contribution in [3.05, 3.63) is 61.1 Å². The second-order valence-electron chi connectivity index (χ2n) is 6.03. The lowest BCUT2D eigenvalue weighted by atomic mass is 10.2. The molecule has 0 unspecified atom stereocenters. The van der Waals surface area contributed by atoms with Crippen molar-refractivity contribution in [2.24, 2.45) is 0 Å². The summed E-state index contributed by atoms with van der Waals surface area (Å²) >= 11 is 18.0. The minimum Gasteiger partial charge on any atom is -0.320 e. The van der Waals surface area contributed by atoms with E-state index >= 15 is 0 Å². The molecule has 0 atom stereocenters. The molecule has 1 fully saturated rings. The second kappa shape index (κ2) is 7.84. The lowest BCUT2D eigenvalue weighted by Gasteiger charge is -2.12. The van der Waals surface area contributed by atoms with E-state index in [9.17, 15) is 23.3 Å². The van der Waals surface area contributed by atoms with Crippen LogP contribution in [-0.2, 0) is 10.0 Å². The number of rotatable bonds is 6. The molecule has 0 radical (unpaired) electrons. The van der Waals surface area contributed by atoms with Gasteiger partial charge in [0.05, 0.1) is 31.2 Å². The van der Waals surface area contributed by atoms with Crippen molar-refractivity contribution in [1.82, 2.24) is 4.72 Å². The molecule has 2 aromatic carbocycles. The Bertz CT molecular complexity index is 1090. The first kappa shape index (κ1) is 20.8. The van der Waals surface area contributed by atoms with Gasteiger partial charge < -0.3 is 5.32 Å². The average Bonchev–Trinajstić information content (AvgIpc) is 3.39. The lowest BCUT2D eigenvalue weighted by molar-refractivity contribution is -0.384. The Balaban J connectivity index is 1.95. The van der Waals surface area contributed by atoms with Crippen molar-refractivity contribution >= 4 is 62.1 Å². The normalized spacial score (nSPS) is 14.0. The van der Waals surface area contributed by atoms with E-state index in [0.29, 0.717) is 0 Å². The molecule has 0 bridgehead atoms. The summed E-state index contributed by atoms with van der Waals surface area (Å²) < 4.78 is 27.4. The highest BCUT2D eigenvalue weighted by Gasteiger charge is 2.30. The molecule has 3 rings (SSSR count). The number of hydrogen-bond acceptors (Lipinski definition) is 5. The summed E-state index contributed by atoms with van der Waals surface area (Å²) in [6, 6.07) is 5.56. The largest absolute Gasteiger partial charge is 0.320 e. The molecule has 1 aliphatic carbocycles. The SMILES string of the molecule is O=C(Nc1cc([N+](=O)[O-])ccc1Cl)c1cc(S(=O)(=O)NC2CC2)c(Cl)cc1Cl. The zero-order chi connectivity index (χ0) is 20.6. The molecule has 1 saturated carbocycles. The maximum absolute atomic E-state index is 12.6. The molecule has 2 aromatic rings. The number of non-ortho nitro benzene ring substituents is 1. The standard InChI is InChI=1S/C16H12Cl3N3O5S/c17-11-4-3-9(22(24)25)5-14(11)20-16(23)10-6-15(13(19)7-12(10)18)28(26,27)21-8-1-2-8/h3-8,21H,1-2H2,(H,20,23). The Kier molecular flexibility index (Phi) is 5.83. The van der Waals surface area contributed by atoms with Crippen LogP contribution in [0, 0.1) is 10.1 Å². The van der Waals surface area contributed by atoms with Gasteiger partial charge in [-0.05, 0) is 31.0 Å². The Morgan fingerprint density at radius 3 is 2.36 bits per heavy atom. The molecule has 1 aliphatic rings. The Labute approximate surface area is 175 Å². The van der Waals surface area contributed by atoms with Gasteiger partial charge in [-0.2, -0.15) is 0 Å². The minimum atomic E-state index is -3.94. The van der Waals surface area contributed by atoms with Crippen LogP contribution in [0.2, 0.25) is 15.1 Å². The number of nitrogens with one attached hydrogen (secondary N) is 2. The molecule has 0 spiro atoms. The van der Waals surface area contributed by atoms with E-state index in [1.54, 1.807) is 0 Å². The fraction of sp³-hybridized carbons (Fsp3) is 0.188. The number of hydrogen-bond donors (Lipinski definition) is 2. The molecule has 28 heavy (non-hydrogen) atoms. The molecule has 0 saturated heterocycles. The number of nitro benzene ring substituents is 1. The van der Waals surface area contributed by atoms with E-state index in [1.165, 1.54) is 12.1 Å². The Morgan fingerprint density at radius 2 is 1.75 bits per heavy atom. The zero-order valence-corrected chi connectivity index (χ0v) is 17.0. The van der Waals surface area contributed by atoms with Crippen molar-refractivity contribution < 1.29 is 18.1 Å². The van der Waals surface area contributed by atoms with Gasteiger partial charge in [-0.1, -0.05) is 34.8 Å². The van der Waals surface area contributed by atoms with Gasteiger partial charge in [-0.15, -0.1) is 0 Å². The van der Waals surface area contributed by atoms with Crippen molar-refractivity contribution in [2.45, 2.75) is 23.8 Å². The number of carbonyl (C=O) groups excluding carboxylic acids is 1. The molecule has 148 valence electrons. The molecule has 2 N–H and O–H groups in total. The zero-order valence-electron chi connectivity index (χ0n) is 13.9. The third-order valence-electron chi connectivity index (χ3n) is 3.86. The maximum Gasteiger partial charge on any atom is 0.271 e. The number of nitro groups is 1. The van der Waals surface area contributed by atoms with Crippen LogP contribution in [0.15, 0.2) is 35.2 Å². The maximum atomic E-state index is 12.6. The van der Waals surface area contributed by atoms with Crippen LogP contribution in [0.5, 0.6) is 0 Å². The third-order valence-corrected chi connectivity index (χ3v) is 6.49. The number of amides is 1. The van der Waals surface area contributed by atoms with E-state index in [0.717, 1.165) is 31.0 Å². The number of halogens is 3. The molecule has 1 amide bonds. The fourth-order valence-electron chi connectivity index (χ4n) is 2.31. The number of benzene rings is 2. The minimum absolute atomic E-state index is 0.0209. The van der Waals surface area contributed by atoms with Gasteiger partial charge in [0, 0.05) is 18.2 Å². The van der Waals surface area contributed by atoms with Crippen LogP contribution in [0.25, 0.3) is 0 Å². The summed E-state index contributed by atoms with van der Waals surface area (Å²) in [5.74, 6) is -0.799. The Morgan fingerprint density at radius 1 is 1.07 bits per heavy atom.